The molecule has 3 rings (SSSR count). The van der Waals surface area contributed by atoms with E-state index in [1.807, 2.05) is 38.1 Å². The maximum Gasteiger partial charge on any atom is 0.253 e. The quantitative estimate of drug-likeness (QED) is 0.803. The summed E-state index contributed by atoms with van der Waals surface area (Å²) in [4.78, 5) is 12.8. The maximum absolute atomic E-state index is 12.8. The molecule has 1 atom stereocenters. The van der Waals surface area contributed by atoms with Crippen molar-refractivity contribution in [2.75, 3.05) is 26.3 Å². The molecule has 0 unspecified atom stereocenters. The maximum atomic E-state index is 12.8. The van der Waals surface area contributed by atoms with E-state index >= 15 is 0 Å². The molecule has 0 aliphatic carbocycles. The summed E-state index contributed by atoms with van der Waals surface area (Å²) in [5.74, 6) is -0.419. The molecule has 0 bridgehead atoms. The third-order valence-corrected chi connectivity index (χ3v) is 6.94. The van der Waals surface area contributed by atoms with Gasteiger partial charge in [-0.05, 0) is 37.6 Å². The van der Waals surface area contributed by atoms with Crippen LogP contribution in [0.4, 0.5) is 0 Å². The zero-order valence-electron chi connectivity index (χ0n) is 15.8. The molecule has 0 spiro atoms. The molecule has 1 heterocycles. The number of aryl methyl sites for hydroxylation is 1. The van der Waals surface area contributed by atoms with Crippen molar-refractivity contribution in [1.29, 1.82) is 0 Å². The highest BCUT2D eigenvalue weighted by molar-refractivity contribution is 7.89. The Bertz CT molecular complexity index is 955. The van der Waals surface area contributed by atoms with Crippen molar-refractivity contribution < 1.29 is 17.9 Å². The number of carbonyl (C=O) groups excluding carboxylic acids is 1. The zero-order valence-corrected chi connectivity index (χ0v) is 17.4. The molecule has 2 aromatic carbocycles. The molecule has 28 heavy (non-hydrogen) atoms. The number of carbonyl (C=O) groups is 1. The van der Waals surface area contributed by atoms with Crippen LogP contribution in [0.1, 0.15) is 34.5 Å². The van der Waals surface area contributed by atoms with E-state index in [2.05, 4.69) is 5.32 Å². The summed E-state index contributed by atoms with van der Waals surface area (Å²) in [7, 11) is -3.71. The fraction of sp³-hybridized carbons (Fsp3) is 0.350. The molecule has 1 aliphatic heterocycles. The van der Waals surface area contributed by atoms with Gasteiger partial charge in [0.2, 0.25) is 10.0 Å². The van der Waals surface area contributed by atoms with E-state index in [1.54, 1.807) is 0 Å². The van der Waals surface area contributed by atoms with Gasteiger partial charge in [-0.3, -0.25) is 4.79 Å². The Morgan fingerprint density at radius 2 is 1.79 bits per heavy atom. The summed E-state index contributed by atoms with van der Waals surface area (Å²) in [6, 6.07) is 11.8. The van der Waals surface area contributed by atoms with E-state index in [9.17, 15) is 13.2 Å². The lowest BCUT2D eigenvalue weighted by Crippen LogP contribution is -2.40. The fourth-order valence-electron chi connectivity index (χ4n) is 2.99. The van der Waals surface area contributed by atoms with E-state index in [1.165, 1.54) is 22.5 Å². The highest BCUT2D eigenvalue weighted by Crippen LogP contribution is 2.24. The Hall–Kier alpha value is -1.93. The molecular formula is C20H23ClN2O4S. The molecule has 1 N–H and O–H groups in total. The second kappa shape index (κ2) is 8.61. The van der Waals surface area contributed by atoms with Gasteiger partial charge in [-0.1, -0.05) is 41.4 Å². The van der Waals surface area contributed by atoms with E-state index in [0.29, 0.717) is 13.2 Å². The number of halogens is 1. The number of nitrogens with one attached hydrogen (secondary N) is 1. The second-order valence-corrected chi connectivity index (χ2v) is 9.11. The molecule has 1 aliphatic rings. The fourth-order valence-corrected chi connectivity index (χ4v) is 4.63. The van der Waals surface area contributed by atoms with E-state index in [-0.39, 0.29) is 34.6 Å². The molecule has 1 saturated heterocycles. The van der Waals surface area contributed by atoms with E-state index in [0.717, 1.165) is 11.1 Å². The van der Waals surface area contributed by atoms with Gasteiger partial charge in [0.1, 0.15) is 0 Å². The third-order valence-electron chi connectivity index (χ3n) is 4.72. The largest absolute Gasteiger partial charge is 0.379 e. The van der Waals surface area contributed by atoms with Crippen molar-refractivity contribution in [2.24, 2.45) is 0 Å². The average Bonchev–Trinajstić information content (AvgIpc) is 2.69. The summed E-state index contributed by atoms with van der Waals surface area (Å²) in [6.45, 7) is 5.15. The molecule has 150 valence electrons. The molecule has 1 amide bonds. The molecule has 0 radical (unpaired) electrons. The van der Waals surface area contributed by atoms with Gasteiger partial charge in [0.15, 0.2) is 0 Å². The first kappa shape index (κ1) is 20.8. The van der Waals surface area contributed by atoms with Gasteiger partial charge in [0.25, 0.3) is 5.91 Å². The van der Waals surface area contributed by atoms with Gasteiger partial charge >= 0.3 is 0 Å². The van der Waals surface area contributed by atoms with Crippen LogP contribution in [0.5, 0.6) is 0 Å². The number of hydrogen-bond donors (Lipinski definition) is 1. The van der Waals surface area contributed by atoms with Crippen LogP contribution < -0.4 is 5.32 Å². The van der Waals surface area contributed by atoms with Crippen LogP contribution in [0.2, 0.25) is 5.02 Å². The Labute approximate surface area is 170 Å². The van der Waals surface area contributed by atoms with Crippen LogP contribution >= 0.6 is 11.6 Å². The Balaban J connectivity index is 1.82. The first-order valence-corrected chi connectivity index (χ1v) is 10.9. The van der Waals surface area contributed by atoms with Crippen LogP contribution in [0.3, 0.4) is 0 Å². The van der Waals surface area contributed by atoms with Gasteiger partial charge in [0.05, 0.1) is 34.7 Å². The van der Waals surface area contributed by atoms with Gasteiger partial charge in [-0.25, -0.2) is 8.42 Å². The lowest BCUT2D eigenvalue weighted by atomic mass is 10.1. The number of sulfonamides is 1. The number of rotatable bonds is 5. The van der Waals surface area contributed by atoms with E-state index in [4.69, 9.17) is 16.3 Å². The van der Waals surface area contributed by atoms with Crippen molar-refractivity contribution in [3.05, 3.63) is 64.2 Å². The van der Waals surface area contributed by atoms with Gasteiger partial charge in [0, 0.05) is 13.1 Å². The lowest BCUT2D eigenvalue weighted by Gasteiger charge is -2.26. The lowest BCUT2D eigenvalue weighted by molar-refractivity contribution is 0.0730. The minimum Gasteiger partial charge on any atom is -0.379 e. The van der Waals surface area contributed by atoms with Crippen LogP contribution in [0, 0.1) is 6.92 Å². The van der Waals surface area contributed by atoms with Crippen LogP contribution in [-0.4, -0.2) is 44.9 Å². The third kappa shape index (κ3) is 4.55. The minimum atomic E-state index is -3.71. The van der Waals surface area contributed by atoms with Crippen molar-refractivity contribution in [3.8, 4) is 0 Å². The highest BCUT2D eigenvalue weighted by atomic mass is 35.5. The number of nitrogens with zero attached hydrogens (tertiary/aromatic N) is 1. The number of hydrogen-bond acceptors (Lipinski definition) is 4. The second-order valence-electron chi connectivity index (χ2n) is 6.76. The molecule has 0 aromatic heterocycles. The SMILES string of the molecule is Cc1ccc([C@@H](C)NC(=O)c2cc(S(=O)(=O)N3CCOCC3)ccc2Cl)cc1. The Kier molecular flexibility index (Phi) is 6.40. The molecule has 8 heteroatoms. The summed E-state index contributed by atoms with van der Waals surface area (Å²) in [5, 5.41) is 3.08. The molecule has 2 aromatic rings. The van der Waals surface area contributed by atoms with Gasteiger partial charge in [-0.2, -0.15) is 4.31 Å². The number of ether oxygens (including phenoxy) is 1. The van der Waals surface area contributed by atoms with Gasteiger partial charge < -0.3 is 10.1 Å². The van der Waals surface area contributed by atoms with Crippen LogP contribution in [0.15, 0.2) is 47.4 Å². The van der Waals surface area contributed by atoms with Crippen molar-refractivity contribution in [3.63, 3.8) is 0 Å². The van der Waals surface area contributed by atoms with Crippen LogP contribution in [-0.2, 0) is 14.8 Å². The standard InChI is InChI=1S/C20H23ClN2O4S/c1-14-3-5-16(6-4-14)15(2)22-20(24)18-13-17(7-8-19(18)21)28(25,26)23-9-11-27-12-10-23/h3-8,13,15H,9-12H2,1-2H3,(H,22,24)/t15-/m1/s1. The summed E-state index contributed by atoms with van der Waals surface area (Å²) in [5.41, 5.74) is 2.22. The highest BCUT2D eigenvalue weighted by Gasteiger charge is 2.27. The normalized spacial score (nSPS) is 16.5. The predicted octanol–water partition coefficient (Wildman–Crippen LogP) is 3.16. The molecule has 1 fully saturated rings. The predicted molar refractivity (Wildman–Crippen MR) is 108 cm³/mol. The smallest absolute Gasteiger partial charge is 0.253 e. The van der Waals surface area contributed by atoms with E-state index < -0.39 is 15.9 Å². The summed E-state index contributed by atoms with van der Waals surface area (Å²) in [6.07, 6.45) is 0. The number of morpholine rings is 1. The monoisotopic (exact) mass is 422 g/mol. The average molecular weight is 423 g/mol. The van der Waals surface area contributed by atoms with Crippen molar-refractivity contribution in [1.82, 2.24) is 9.62 Å². The van der Waals surface area contributed by atoms with Gasteiger partial charge in [-0.15, -0.1) is 0 Å². The van der Waals surface area contributed by atoms with Crippen molar-refractivity contribution in [2.45, 2.75) is 24.8 Å². The topological polar surface area (TPSA) is 75.7 Å². The van der Waals surface area contributed by atoms with Crippen molar-refractivity contribution >= 4 is 27.5 Å². The van der Waals surface area contributed by atoms with Crippen LogP contribution in [0.25, 0.3) is 0 Å². The molecule has 6 nitrogen and oxygen atoms in total. The minimum absolute atomic E-state index is 0.0481. The summed E-state index contributed by atoms with van der Waals surface area (Å²) < 4.78 is 32.3. The zero-order chi connectivity index (χ0) is 20.3. The molecule has 0 saturated carbocycles. The number of amides is 1. The Morgan fingerprint density at radius 3 is 2.43 bits per heavy atom. The first-order chi connectivity index (χ1) is 13.3. The first-order valence-electron chi connectivity index (χ1n) is 9.04. The molecular weight excluding hydrogens is 400 g/mol. The number of benzene rings is 2. The summed E-state index contributed by atoms with van der Waals surface area (Å²) >= 11 is 6.19. The Morgan fingerprint density at radius 1 is 1.14 bits per heavy atom.